The molecule has 0 aliphatic heterocycles. The van der Waals surface area contributed by atoms with Crippen LogP contribution < -0.4 is 15.4 Å². The second-order valence-corrected chi connectivity index (χ2v) is 10.2. The van der Waals surface area contributed by atoms with Crippen molar-refractivity contribution in [3.05, 3.63) is 46.3 Å². The summed E-state index contributed by atoms with van der Waals surface area (Å²) in [5.74, 6) is 1.58. The van der Waals surface area contributed by atoms with Crippen molar-refractivity contribution in [3.8, 4) is 5.75 Å². The lowest BCUT2D eigenvalue weighted by Gasteiger charge is -2.13. The highest BCUT2D eigenvalue weighted by molar-refractivity contribution is 14.0. The Morgan fingerprint density at radius 1 is 1.20 bits per heavy atom. The number of thiophene rings is 1. The maximum absolute atomic E-state index is 12.2. The third-order valence-corrected chi connectivity index (χ3v) is 7.58. The largest absolute Gasteiger partial charge is 0.496 e. The fraction of sp³-hybridized carbons (Fsp3) is 0.450. The first-order valence-electron chi connectivity index (χ1n) is 9.44. The molecule has 0 radical (unpaired) electrons. The first-order valence-corrected chi connectivity index (χ1v) is 11.7. The van der Waals surface area contributed by atoms with E-state index in [-0.39, 0.29) is 24.0 Å². The number of nitrogens with zero attached hydrogens (tertiary/aromatic N) is 2. The zero-order valence-electron chi connectivity index (χ0n) is 18.1. The average Bonchev–Trinajstić information content (AvgIpc) is 3.16. The SMILES string of the molecule is CCNC(=NCc1ccc(S(=O)(=O)N(C)C)s1)NCCc1cc(C)ccc1OC.I. The maximum atomic E-state index is 12.2. The zero-order chi connectivity index (χ0) is 21.4. The molecule has 0 aliphatic carbocycles. The fourth-order valence-corrected chi connectivity index (χ4v) is 5.13. The summed E-state index contributed by atoms with van der Waals surface area (Å²) in [6.45, 7) is 5.93. The van der Waals surface area contributed by atoms with Gasteiger partial charge in [0.1, 0.15) is 9.96 Å². The van der Waals surface area contributed by atoms with Gasteiger partial charge in [0.15, 0.2) is 5.96 Å². The molecule has 168 valence electrons. The van der Waals surface area contributed by atoms with E-state index in [4.69, 9.17) is 4.74 Å². The Balaban J connectivity index is 0.00000450. The zero-order valence-corrected chi connectivity index (χ0v) is 22.0. The Bertz CT molecular complexity index is 943. The molecule has 1 aromatic carbocycles. The Labute approximate surface area is 201 Å². The summed E-state index contributed by atoms with van der Waals surface area (Å²) in [5.41, 5.74) is 2.34. The van der Waals surface area contributed by atoms with Gasteiger partial charge in [-0.1, -0.05) is 17.7 Å². The molecule has 10 heteroatoms. The maximum Gasteiger partial charge on any atom is 0.252 e. The Morgan fingerprint density at radius 2 is 1.93 bits per heavy atom. The minimum Gasteiger partial charge on any atom is -0.496 e. The first-order chi connectivity index (χ1) is 13.8. The summed E-state index contributed by atoms with van der Waals surface area (Å²) in [6, 6.07) is 9.59. The Morgan fingerprint density at radius 3 is 2.57 bits per heavy atom. The lowest BCUT2D eigenvalue weighted by atomic mass is 10.1. The van der Waals surface area contributed by atoms with Gasteiger partial charge in [-0.3, -0.25) is 0 Å². The molecule has 0 spiro atoms. The molecule has 0 aliphatic rings. The van der Waals surface area contributed by atoms with E-state index in [1.165, 1.54) is 35.3 Å². The van der Waals surface area contributed by atoms with Crippen molar-refractivity contribution in [1.29, 1.82) is 0 Å². The van der Waals surface area contributed by atoms with Crippen LogP contribution in [-0.4, -0.2) is 53.0 Å². The summed E-state index contributed by atoms with van der Waals surface area (Å²) < 4.78 is 31.4. The van der Waals surface area contributed by atoms with Gasteiger partial charge >= 0.3 is 0 Å². The Hall–Kier alpha value is -1.37. The van der Waals surface area contributed by atoms with Crippen LogP contribution in [0, 0.1) is 6.92 Å². The average molecular weight is 567 g/mol. The molecule has 0 saturated carbocycles. The van der Waals surface area contributed by atoms with E-state index in [2.05, 4.69) is 28.6 Å². The molecule has 0 saturated heterocycles. The monoisotopic (exact) mass is 566 g/mol. The smallest absolute Gasteiger partial charge is 0.252 e. The van der Waals surface area contributed by atoms with E-state index in [1.807, 2.05) is 25.1 Å². The highest BCUT2D eigenvalue weighted by Gasteiger charge is 2.19. The molecule has 0 atom stereocenters. The van der Waals surface area contributed by atoms with Crippen molar-refractivity contribution in [3.63, 3.8) is 0 Å². The highest BCUT2D eigenvalue weighted by atomic mass is 127. The predicted octanol–water partition coefficient (Wildman–Crippen LogP) is 3.23. The standard InChI is InChI=1S/C20H30N4O3S2.HI/c1-6-21-20(22-12-11-16-13-15(2)7-9-18(16)27-5)23-14-17-8-10-19(28-17)29(25,26)24(3)4;/h7-10,13H,6,11-12,14H2,1-5H3,(H2,21,22,23);1H. The molecule has 2 rings (SSSR count). The van der Waals surface area contributed by atoms with Gasteiger partial charge in [-0.15, -0.1) is 35.3 Å². The number of halogens is 1. The van der Waals surface area contributed by atoms with Gasteiger partial charge in [0.05, 0.1) is 13.7 Å². The lowest BCUT2D eigenvalue weighted by Crippen LogP contribution is -2.38. The van der Waals surface area contributed by atoms with Crippen LogP contribution in [0.25, 0.3) is 0 Å². The summed E-state index contributed by atoms with van der Waals surface area (Å²) in [5, 5.41) is 6.55. The molecule has 1 heterocycles. The van der Waals surface area contributed by atoms with Crippen molar-refractivity contribution in [1.82, 2.24) is 14.9 Å². The van der Waals surface area contributed by atoms with E-state index in [0.29, 0.717) is 23.3 Å². The minimum atomic E-state index is -3.40. The number of hydrogen-bond donors (Lipinski definition) is 2. The van der Waals surface area contributed by atoms with Gasteiger partial charge < -0.3 is 15.4 Å². The van der Waals surface area contributed by atoms with Crippen molar-refractivity contribution in [2.45, 2.75) is 31.0 Å². The molecule has 2 N–H and O–H groups in total. The van der Waals surface area contributed by atoms with Crippen LogP contribution in [0.15, 0.2) is 39.5 Å². The van der Waals surface area contributed by atoms with E-state index >= 15 is 0 Å². The number of methoxy groups -OCH3 is 1. The summed E-state index contributed by atoms with van der Waals surface area (Å²) in [4.78, 5) is 5.47. The predicted molar refractivity (Wildman–Crippen MR) is 135 cm³/mol. The van der Waals surface area contributed by atoms with Crippen LogP contribution >= 0.6 is 35.3 Å². The summed E-state index contributed by atoms with van der Waals surface area (Å²) in [6.07, 6.45) is 0.805. The van der Waals surface area contributed by atoms with Crippen molar-refractivity contribution in [2.75, 3.05) is 34.3 Å². The molecular formula is C20H31IN4O3S2. The van der Waals surface area contributed by atoms with Crippen LogP contribution in [0.2, 0.25) is 0 Å². The van der Waals surface area contributed by atoms with Crippen LogP contribution in [-0.2, 0) is 23.0 Å². The topological polar surface area (TPSA) is 83.0 Å². The van der Waals surface area contributed by atoms with Crippen LogP contribution in [0.5, 0.6) is 5.75 Å². The normalized spacial score (nSPS) is 11.9. The lowest BCUT2D eigenvalue weighted by molar-refractivity contribution is 0.409. The molecule has 0 amide bonds. The molecule has 1 aromatic heterocycles. The van der Waals surface area contributed by atoms with Gasteiger partial charge in [-0.2, -0.15) is 0 Å². The number of aliphatic imine (C=N–C) groups is 1. The molecule has 2 aromatic rings. The van der Waals surface area contributed by atoms with Gasteiger partial charge in [0, 0.05) is 32.1 Å². The van der Waals surface area contributed by atoms with E-state index in [0.717, 1.165) is 29.2 Å². The van der Waals surface area contributed by atoms with Gasteiger partial charge in [0.25, 0.3) is 10.0 Å². The number of benzene rings is 1. The number of aryl methyl sites for hydroxylation is 1. The fourth-order valence-electron chi connectivity index (χ4n) is 2.68. The number of ether oxygens (including phenoxy) is 1. The molecule has 0 unspecified atom stereocenters. The summed E-state index contributed by atoms with van der Waals surface area (Å²) >= 11 is 1.25. The quantitative estimate of drug-likeness (QED) is 0.277. The number of hydrogen-bond acceptors (Lipinski definition) is 5. The highest BCUT2D eigenvalue weighted by Crippen LogP contribution is 2.24. The van der Waals surface area contributed by atoms with E-state index < -0.39 is 10.0 Å². The number of rotatable bonds is 9. The minimum absolute atomic E-state index is 0. The summed E-state index contributed by atoms with van der Waals surface area (Å²) in [7, 11) is 1.34. The third kappa shape index (κ3) is 7.40. The van der Waals surface area contributed by atoms with Gasteiger partial charge in [-0.05, 0) is 44.0 Å². The number of guanidine groups is 1. The van der Waals surface area contributed by atoms with E-state index in [9.17, 15) is 8.42 Å². The number of nitrogens with one attached hydrogen (secondary N) is 2. The van der Waals surface area contributed by atoms with Gasteiger partial charge in [-0.25, -0.2) is 17.7 Å². The van der Waals surface area contributed by atoms with Crippen molar-refractivity contribution >= 4 is 51.3 Å². The molecule has 7 nitrogen and oxygen atoms in total. The molecular weight excluding hydrogens is 535 g/mol. The van der Waals surface area contributed by atoms with Crippen LogP contribution in [0.1, 0.15) is 22.9 Å². The molecule has 0 bridgehead atoms. The first kappa shape index (κ1) is 26.7. The molecule has 0 fully saturated rings. The third-order valence-electron chi connectivity index (χ3n) is 4.23. The Kier molecular flexibility index (Phi) is 11.1. The van der Waals surface area contributed by atoms with Crippen LogP contribution in [0.3, 0.4) is 0 Å². The second kappa shape index (κ2) is 12.5. The number of sulfonamides is 1. The van der Waals surface area contributed by atoms with Gasteiger partial charge in [0.2, 0.25) is 0 Å². The van der Waals surface area contributed by atoms with Crippen molar-refractivity contribution in [2.24, 2.45) is 4.99 Å². The van der Waals surface area contributed by atoms with Crippen LogP contribution in [0.4, 0.5) is 0 Å². The van der Waals surface area contributed by atoms with E-state index in [1.54, 1.807) is 13.2 Å². The van der Waals surface area contributed by atoms with Crippen molar-refractivity contribution < 1.29 is 13.2 Å². The second-order valence-electron chi connectivity index (χ2n) is 6.70. The molecule has 30 heavy (non-hydrogen) atoms.